The molecule has 0 saturated carbocycles. The van der Waals surface area contributed by atoms with Crippen molar-refractivity contribution in [2.75, 3.05) is 25.6 Å². The molecule has 0 atom stereocenters. The Morgan fingerprint density at radius 3 is 2.82 bits per heavy atom. The molecule has 0 unspecified atom stereocenters. The van der Waals surface area contributed by atoms with Gasteiger partial charge in [-0.25, -0.2) is 14.6 Å². The third-order valence-corrected chi connectivity index (χ3v) is 3.51. The zero-order valence-corrected chi connectivity index (χ0v) is 12.9. The van der Waals surface area contributed by atoms with Crippen molar-refractivity contribution in [3.63, 3.8) is 0 Å². The first kappa shape index (κ1) is 14.7. The maximum absolute atomic E-state index is 5.92. The molecule has 0 radical (unpaired) electrons. The number of methoxy groups -OCH3 is 1. The Morgan fingerprint density at radius 2 is 2.05 bits per heavy atom. The molecule has 1 aromatic carbocycles. The summed E-state index contributed by atoms with van der Waals surface area (Å²) in [6, 6.07) is 7.47. The van der Waals surface area contributed by atoms with Crippen LogP contribution in [0.15, 0.2) is 36.8 Å². The van der Waals surface area contributed by atoms with Gasteiger partial charge in [-0.05, 0) is 30.7 Å². The molecule has 7 heteroatoms. The normalized spacial score (nSPS) is 11.0. The van der Waals surface area contributed by atoms with Crippen LogP contribution in [0.3, 0.4) is 0 Å². The van der Waals surface area contributed by atoms with E-state index in [1.54, 1.807) is 18.0 Å². The Labute approximate surface area is 133 Å². The molecule has 3 rings (SSSR count). The number of hydrogen-bond donors (Lipinski definition) is 1. The largest absolute Gasteiger partial charge is 0.385 e. The fourth-order valence-electron chi connectivity index (χ4n) is 2.18. The van der Waals surface area contributed by atoms with Crippen LogP contribution in [0, 0.1) is 0 Å². The number of halogens is 1. The Bertz CT molecular complexity index is 756. The van der Waals surface area contributed by atoms with Crippen molar-refractivity contribution < 1.29 is 4.74 Å². The Hall–Kier alpha value is -2.18. The topological polar surface area (TPSA) is 64.9 Å². The molecule has 0 amide bonds. The summed E-state index contributed by atoms with van der Waals surface area (Å²) in [5, 5.41) is 9.27. The predicted octanol–water partition coefficient (Wildman–Crippen LogP) is 2.92. The molecule has 6 nitrogen and oxygen atoms in total. The molecule has 0 spiro atoms. The van der Waals surface area contributed by atoms with Crippen LogP contribution in [-0.2, 0) is 4.74 Å². The number of nitrogens with zero attached hydrogens (tertiary/aromatic N) is 4. The predicted molar refractivity (Wildman–Crippen MR) is 86.7 cm³/mol. The number of anilines is 1. The van der Waals surface area contributed by atoms with Gasteiger partial charge >= 0.3 is 0 Å². The lowest BCUT2D eigenvalue weighted by molar-refractivity contribution is 0.198. The van der Waals surface area contributed by atoms with E-state index in [4.69, 9.17) is 16.3 Å². The average molecular weight is 318 g/mol. The molecule has 3 aromatic rings. The molecule has 0 aliphatic heterocycles. The van der Waals surface area contributed by atoms with Crippen LogP contribution in [-0.4, -0.2) is 40.0 Å². The zero-order chi connectivity index (χ0) is 15.4. The number of fused-ring (bicyclic) bond motifs is 1. The molecule has 0 fully saturated rings. The second kappa shape index (κ2) is 6.72. The van der Waals surface area contributed by atoms with Crippen molar-refractivity contribution in [2.24, 2.45) is 0 Å². The Kier molecular flexibility index (Phi) is 4.50. The lowest BCUT2D eigenvalue weighted by atomic mass is 10.3. The van der Waals surface area contributed by atoms with Gasteiger partial charge in [-0.2, -0.15) is 5.10 Å². The van der Waals surface area contributed by atoms with Gasteiger partial charge in [-0.15, -0.1) is 0 Å². The summed E-state index contributed by atoms with van der Waals surface area (Å²) in [6.45, 7) is 1.50. The van der Waals surface area contributed by atoms with Crippen molar-refractivity contribution in [1.82, 2.24) is 19.7 Å². The first-order valence-electron chi connectivity index (χ1n) is 6.97. The summed E-state index contributed by atoms with van der Waals surface area (Å²) < 4.78 is 6.81. The molecule has 0 aliphatic rings. The van der Waals surface area contributed by atoms with Crippen molar-refractivity contribution in [3.8, 4) is 5.69 Å². The van der Waals surface area contributed by atoms with Crippen molar-refractivity contribution in [2.45, 2.75) is 6.42 Å². The summed E-state index contributed by atoms with van der Waals surface area (Å²) in [5.41, 5.74) is 1.66. The van der Waals surface area contributed by atoms with E-state index in [2.05, 4.69) is 20.4 Å². The molecule has 0 bridgehead atoms. The average Bonchev–Trinajstić information content (AvgIpc) is 2.97. The SMILES string of the molecule is COCCCNc1ncnc2c1cnn2-c1ccc(Cl)cc1. The van der Waals surface area contributed by atoms with Crippen molar-refractivity contribution >= 4 is 28.5 Å². The van der Waals surface area contributed by atoms with Gasteiger partial charge in [0.1, 0.15) is 12.1 Å². The van der Waals surface area contributed by atoms with E-state index in [-0.39, 0.29) is 0 Å². The van der Waals surface area contributed by atoms with E-state index >= 15 is 0 Å². The fraction of sp³-hybridized carbons (Fsp3) is 0.267. The van der Waals surface area contributed by atoms with E-state index in [9.17, 15) is 0 Å². The van der Waals surface area contributed by atoms with Gasteiger partial charge in [0, 0.05) is 25.3 Å². The van der Waals surface area contributed by atoms with E-state index in [1.165, 1.54) is 6.33 Å². The zero-order valence-electron chi connectivity index (χ0n) is 12.2. The van der Waals surface area contributed by atoms with Crippen LogP contribution in [0.25, 0.3) is 16.7 Å². The highest BCUT2D eigenvalue weighted by Crippen LogP contribution is 2.22. The molecular formula is C15H16ClN5O. The van der Waals surface area contributed by atoms with Gasteiger partial charge in [-0.3, -0.25) is 0 Å². The highest BCUT2D eigenvalue weighted by Gasteiger charge is 2.10. The van der Waals surface area contributed by atoms with Crippen molar-refractivity contribution in [1.29, 1.82) is 0 Å². The van der Waals surface area contributed by atoms with Crippen LogP contribution in [0.5, 0.6) is 0 Å². The van der Waals surface area contributed by atoms with Crippen LogP contribution in [0.2, 0.25) is 5.02 Å². The third kappa shape index (κ3) is 3.03. The maximum atomic E-state index is 5.92. The number of benzene rings is 1. The number of nitrogens with one attached hydrogen (secondary N) is 1. The van der Waals surface area contributed by atoms with Gasteiger partial charge in [0.05, 0.1) is 17.3 Å². The van der Waals surface area contributed by atoms with Crippen LogP contribution < -0.4 is 5.32 Å². The van der Waals surface area contributed by atoms with Crippen LogP contribution in [0.4, 0.5) is 5.82 Å². The summed E-state index contributed by atoms with van der Waals surface area (Å²) in [4.78, 5) is 8.62. The third-order valence-electron chi connectivity index (χ3n) is 3.25. The Morgan fingerprint density at radius 1 is 1.23 bits per heavy atom. The number of ether oxygens (including phenoxy) is 1. The van der Waals surface area contributed by atoms with E-state index < -0.39 is 0 Å². The molecule has 0 aliphatic carbocycles. The van der Waals surface area contributed by atoms with Gasteiger partial charge < -0.3 is 10.1 Å². The van der Waals surface area contributed by atoms with Crippen molar-refractivity contribution in [3.05, 3.63) is 41.8 Å². The summed E-state index contributed by atoms with van der Waals surface area (Å²) >= 11 is 5.92. The number of aromatic nitrogens is 4. The van der Waals surface area contributed by atoms with Crippen LogP contribution in [0.1, 0.15) is 6.42 Å². The van der Waals surface area contributed by atoms with Gasteiger partial charge in [0.15, 0.2) is 5.65 Å². The summed E-state index contributed by atoms with van der Waals surface area (Å²) in [6.07, 6.45) is 4.21. The standard InChI is InChI=1S/C15H16ClN5O/c1-22-8-2-7-17-14-13-9-20-21(15(13)19-10-18-14)12-5-3-11(16)4-6-12/h3-6,9-10H,2,7-8H2,1H3,(H,17,18,19). The molecule has 2 aromatic heterocycles. The first-order chi connectivity index (χ1) is 10.8. The van der Waals surface area contributed by atoms with Gasteiger partial charge in [0.2, 0.25) is 0 Å². The lowest BCUT2D eigenvalue weighted by Gasteiger charge is -2.06. The minimum Gasteiger partial charge on any atom is -0.385 e. The molecule has 22 heavy (non-hydrogen) atoms. The lowest BCUT2D eigenvalue weighted by Crippen LogP contribution is -2.06. The second-order valence-corrected chi connectivity index (χ2v) is 5.20. The summed E-state index contributed by atoms with van der Waals surface area (Å²) in [5.74, 6) is 0.779. The number of rotatable bonds is 6. The maximum Gasteiger partial charge on any atom is 0.168 e. The number of hydrogen-bond acceptors (Lipinski definition) is 5. The highest BCUT2D eigenvalue weighted by atomic mass is 35.5. The minimum atomic E-state index is 0.690. The molecule has 114 valence electrons. The first-order valence-corrected chi connectivity index (χ1v) is 7.35. The van der Waals surface area contributed by atoms with E-state index in [0.717, 1.165) is 35.5 Å². The van der Waals surface area contributed by atoms with Crippen LogP contribution >= 0.6 is 11.6 Å². The smallest absolute Gasteiger partial charge is 0.168 e. The van der Waals surface area contributed by atoms with E-state index in [0.29, 0.717) is 11.6 Å². The van der Waals surface area contributed by atoms with E-state index in [1.807, 2.05) is 24.3 Å². The molecule has 2 heterocycles. The monoisotopic (exact) mass is 317 g/mol. The van der Waals surface area contributed by atoms with Gasteiger partial charge in [-0.1, -0.05) is 11.6 Å². The molecule has 1 N–H and O–H groups in total. The fourth-order valence-corrected chi connectivity index (χ4v) is 2.31. The molecule has 0 saturated heterocycles. The molecular weight excluding hydrogens is 302 g/mol. The minimum absolute atomic E-state index is 0.690. The quantitative estimate of drug-likeness (QED) is 0.708. The highest BCUT2D eigenvalue weighted by molar-refractivity contribution is 6.30. The Balaban J connectivity index is 1.90. The van der Waals surface area contributed by atoms with Gasteiger partial charge in [0.25, 0.3) is 0 Å². The second-order valence-electron chi connectivity index (χ2n) is 4.77. The summed E-state index contributed by atoms with van der Waals surface area (Å²) in [7, 11) is 1.69.